The molecule has 1 N–H and O–H groups in total. The highest BCUT2D eigenvalue weighted by molar-refractivity contribution is 7.15. The lowest BCUT2D eigenvalue weighted by Gasteiger charge is -2.31. The molecule has 7 nitrogen and oxygen atoms in total. The van der Waals surface area contributed by atoms with Gasteiger partial charge in [0.2, 0.25) is 0 Å². The largest absolute Gasteiger partial charge is 0.490 e. The summed E-state index contributed by atoms with van der Waals surface area (Å²) < 4.78 is 19.9. The van der Waals surface area contributed by atoms with Gasteiger partial charge in [-0.05, 0) is 44.5 Å². The van der Waals surface area contributed by atoms with E-state index in [1.54, 1.807) is 6.33 Å². The van der Waals surface area contributed by atoms with E-state index in [2.05, 4.69) is 16.8 Å². The first-order valence-corrected chi connectivity index (χ1v) is 13.8. The number of thiophene rings is 1. The zero-order valence-corrected chi connectivity index (χ0v) is 22.8. The van der Waals surface area contributed by atoms with Crippen LogP contribution in [0.1, 0.15) is 49.5 Å². The molecule has 2 aromatic carbocycles. The number of methoxy groups -OCH3 is 1. The number of fused-ring (bicyclic) bond motifs is 1. The average Bonchev–Trinajstić information content (AvgIpc) is 3.52. The molecule has 0 saturated carbocycles. The van der Waals surface area contributed by atoms with Crippen molar-refractivity contribution in [3.8, 4) is 16.5 Å². The van der Waals surface area contributed by atoms with E-state index in [-0.39, 0.29) is 12.2 Å². The second kappa shape index (κ2) is 11.4. The molecule has 4 aromatic rings. The van der Waals surface area contributed by atoms with Crippen molar-refractivity contribution in [2.45, 2.75) is 45.2 Å². The van der Waals surface area contributed by atoms with Gasteiger partial charge in [-0.15, -0.1) is 11.3 Å². The molecule has 0 aliphatic carbocycles. The van der Waals surface area contributed by atoms with E-state index in [9.17, 15) is 5.11 Å². The summed E-state index contributed by atoms with van der Waals surface area (Å²) in [5.41, 5.74) is 2.66. The van der Waals surface area contributed by atoms with Gasteiger partial charge in [-0.2, -0.15) is 0 Å². The molecule has 1 fully saturated rings. The zero-order valence-electron chi connectivity index (χ0n) is 21.3. The zero-order chi connectivity index (χ0) is 25.9. The molecular formula is C28H32ClN3O4S. The molecule has 9 heteroatoms. The molecule has 1 unspecified atom stereocenters. The lowest BCUT2D eigenvalue weighted by atomic mass is 10.1. The van der Waals surface area contributed by atoms with Crippen LogP contribution in [-0.2, 0) is 4.74 Å². The Labute approximate surface area is 226 Å². The number of imidazole rings is 1. The summed E-state index contributed by atoms with van der Waals surface area (Å²) in [5, 5.41) is 12.1. The number of nitrogens with zero attached hydrogens (tertiary/aromatic N) is 3. The quantitative estimate of drug-likeness (QED) is 0.248. The third-order valence-electron chi connectivity index (χ3n) is 6.85. The first kappa shape index (κ1) is 26.0. The van der Waals surface area contributed by atoms with Gasteiger partial charge in [0, 0.05) is 42.9 Å². The predicted molar refractivity (Wildman–Crippen MR) is 147 cm³/mol. The Morgan fingerprint density at radius 2 is 1.95 bits per heavy atom. The number of aliphatic hydroxyl groups is 1. The SMILES string of the molecule is CCN1CCC(Oc2ccc3ncn(-c4cc(O[C@H](C)c5ccccc5Cl)c(C(O)OC)s4)c3c2)CC1. The minimum Gasteiger partial charge on any atom is -0.490 e. The maximum Gasteiger partial charge on any atom is 0.194 e. The van der Waals surface area contributed by atoms with Gasteiger partial charge < -0.3 is 24.2 Å². The minimum atomic E-state index is -1.12. The molecule has 2 aromatic heterocycles. The summed E-state index contributed by atoms with van der Waals surface area (Å²) in [6, 6.07) is 15.5. The fourth-order valence-electron chi connectivity index (χ4n) is 4.70. The van der Waals surface area contributed by atoms with Crippen LogP contribution in [0.15, 0.2) is 54.9 Å². The van der Waals surface area contributed by atoms with Crippen molar-refractivity contribution >= 4 is 34.0 Å². The third-order valence-corrected chi connectivity index (χ3v) is 8.34. The van der Waals surface area contributed by atoms with Crippen LogP contribution in [0.4, 0.5) is 0 Å². The van der Waals surface area contributed by atoms with Crippen molar-refractivity contribution in [1.29, 1.82) is 0 Å². The standard InChI is InChI=1S/C28H32ClN3O4S/c1-4-31-13-11-19(12-14-31)36-20-9-10-23-24(15-20)32(17-30-23)26-16-25(27(37-26)28(33)34-3)35-18(2)21-7-5-6-8-22(21)29/h5-10,15-19,28,33H,4,11-14H2,1-3H3/t18-,28?/m1/s1. The van der Waals surface area contributed by atoms with Crippen LogP contribution in [0.3, 0.4) is 0 Å². The van der Waals surface area contributed by atoms with E-state index in [4.69, 9.17) is 25.8 Å². The molecule has 2 atom stereocenters. The van der Waals surface area contributed by atoms with Crippen LogP contribution < -0.4 is 9.47 Å². The molecule has 1 aliphatic heterocycles. The van der Waals surface area contributed by atoms with Crippen LogP contribution in [-0.4, -0.2) is 52.4 Å². The number of benzene rings is 2. The Morgan fingerprint density at radius 3 is 2.68 bits per heavy atom. The molecule has 1 saturated heterocycles. The van der Waals surface area contributed by atoms with E-state index in [0.29, 0.717) is 15.6 Å². The average molecular weight is 542 g/mol. The molecule has 3 heterocycles. The Hall–Kier alpha value is -2.62. The van der Waals surface area contributed by atoms with Crippen molar-refractivity contribution in [2.24, 2.45) is 0 Å². The predicted octanol–water partition coefficient (Wildman–Crippen LogP) is 6.38. The molecule has 1 aliphatic rings. The smallest absolute Gasteiger partial charge is 0.194 e. The maximum atomic E-state index is 10.6. The summed E-state index contributed by atoms with van der Waals surface area (Å²) >= 11 is 7.78. The Morgan fingerprint density at radius 1 is 1.16 bits per heavy atom. The van der Waals surface area contributed by atoms with E-state index >= 15 is 0 Å². The molecule has 0 amide bonds. The third kappa shape index (κ3) is 5.63. The van der Waals surface area contributed by atoms with Gasteiger partial charge in [0.25, 0.3) is 0 Å². The number of aromatic nitrogens is 2. The highest BCUT2D eigenvalue weighted by Gasteiger charge is 2.23. The topological polar surface area (TPSA) is 69.0 Å². The van der Waals surface area contributed by atoms with Gasteiger partial charge in [-0.25, -0.2) is 4.98 Å². The first-order chi connectivity index (χ1) is 18.0. The van der Waals surface area contributed by atoms with Crippen LogP contribution >= 0.6 is 22.9 Å². The summed E-state index contributed by atoms with van der Waals surface area (Å²) in [6.07, 6.45) is 2.61. The fraction of sp³-hybridized carbons (Fsp3) is 0.393. The highest BCUT2D eigenvalue weighted by atomic mass is 35.5. The number of hydrogen-bond donors (Lipinski definition) is 1. The van der Waals surface area contributed by atoms with Gasteiger partial charge in [-0.1, -0.05) is 36.7 Å². The molecule has 0 radical (unpaired) electrons. The van der Waals surface area contributed by atoms with Gasteiger partial charge in [-0.3, -0.25) is 4.57 Å². The summed E-state index contributed by atoms with van der Waals surface area (Å²) in [4.78, 5) is 7.61. The Bertz CT molecular complexity index is 1350. The normalized spacial score (nSPS) is 16.7. The second-order valence-corrected chi connectivity index (χ2v) is 10.7. The van der Waals surface area contributed by atoms with Crippen molar-refractivity contribution in [3.05, 3.63) is 70.3 Å². The molecular weight excluding hydrogens is 510 g/mol. The Balaban J connectivity index is 1.43. The number of rotatable bonds is 9. The monoisotopic (exact) mass is 541 g/mol. The molecule has 37 heavy (non-hydrogen) atoms. The van der Waals surface area contributed by atoms with Gasteiger partial charge in [0.15, 0.2) is 6.29 Å². The van der Waals surface area contributed by atoms with E-state index in [0.717, 1.165) is 59.8 Å². The Kier molecular flexibility index (Phi) is 8.02. The van der Waals surface area contributed by atoms with E-state index in [1.807, 2.05) is 60.0 Å². The van der Waals surface area contributed by atoms with Gasteiger partial charge in [0.1, 0.15) is 39.9 Å². The summed E-state index contributed by atoms with van der Waals surface area (Å²) in [5.74, 6) is 1.38. The van der Waals surface area contributed by atoms with Crippen LogP contribution in [0.25, 0.3) is 16.0 Å². The van der Waals surface area contributed by atoms with Crippen molar-refractivity contribution in [2.75, 3.05) is 26.7 Å². The number of halogens is 1. The first-order valence-electron chi connectivity index (χ1n) is 12.6. The van der Waals surface area contributed by atoms with Crippen LogP contribution in [0.5, 0.6) is 11.5 Å². The second-order valence-electron chi connectivity index (χ2n) is 9.20. The number of aliphatic hydroxyl groups excluding tert-OH is 1. The van der Waals surface area contributed by atoms with Gasteiger partial charge in [0.05, 0.1) is 11.0 Å². The number of ether oxygens (including phenoxy) is 3. The van der Waals surface area contributed by atoms with Gasteiger partial charge >= 0.3 is 0 Å². The van der Waals surface area contributed by atoms with Crippen LogP contribution in [0.2, 0.25) is 5.02 Å². The number of piperidine rings is 1. The molecule has 5 rings (SSSR count). The van der Waals surface area contributed by atoms with Crippen molar-refractivity contribution in [1.82, 2.24) is 14.5 Å². The summed E-state index contributed by atoms with van der Waals surface area (Å²) in [7, 11) is 1.46. The number of hydrogen-bond acceptors (Lipinski definition) is 7. The van der Waals surface area contributed by atoms with E-state index in [1.165, 1.54) is 18.4 Å². The molecule has 196 valence electrons. The fourth-order valence-corrected chi connectivity index (χ4v) is 6.03. The van der Waals surface area contributed by atoms with E-state index < -0.39 is 6.29 Å². The minimum absolute atomic E-state index is 0.216. The maximum absolute atomic E-state index is 10.6. The lowest BCUT2D eigenvalue weighted by Crippen LogP contribution is -2.37. The molecule has 0 bridgehead atoms. The summed E-state index contributed by atoms with van der Waals surface area (Å²) in [6.45, 7) is 7.35. The van der Waals surface area contributed by atoms with Crippen molar-refractivity contribution in [3.63, 3.8) is 0 Å². The highest BCUT2D eigenvalue weighted by Crippen LogP contribution is 2.40. The van der Waals surface area contributed by atoms with Crippen LogP contribution in [0, 0.1) is 0 Å². The lowest BCUT2D eigenvalue weighted by molar-refractivity contribution is -0.0759. The molecule has 0 spiro atoms. The van der Waals surface area contributed by atoms with Crippen molar-refractivity contribution < 1.29 is 19.3 Å². The number of likely N-dealkylation sites (tertiary alicyclic amines) is 1.